The normalized spacial score (nSPS) is 20.3. The minimum atomic E-state index is -0.147. The van der Waals surface area contributed by atoms with E-state index in [1.165, 1.54) is 12.1 Å². The smallest absolute Gasteiger partial charge is 0.248 e. The Morgan fingerprint density at radius 2 is 1.94 bits per heavy atom. The molecule has 0 aliphatic carbocycles. The van der Waals surface area contributed by atoms with Gasteiger partial charge in [0.25, 0.3) is 0 Å². The maximum Gasteiger partial charge on any atom is 0.248 e. The number of hydrogen-bond acceptors (Lipinski definition) is 6. The number of imidazole rings is 1. The summed E-state index contributed by atoms with van der Waals surface area (Å²) in [7, 11) is 0. The van der Waals surface area contributed by atoms with Gasteiger partial charge in [-0.25, -0.2) is 9.97 Å². The van der Waals surface area contributed by atoms with Crippen LogP contribution >= 0.6 is 0 Å². The highest BCUT2D eigenvalue weighted by atomic mass is 16.1. The molecular formula is C25H27N7O. The number of fused-ring (bicyclic) bond motifs is 3. The number of benzene rings is 1. The summed E-state index contributed by atoms with van der Waals surface area (Å²) in [6.07, 6.45) is 8.29. The molecule has 1 aromatic carbocycles. The van der Waals surface area contributed by atoms with Crippen molar-refractivity contribution in [1.29, 1.82) is 0 Å². The number of anilines is 3. The SMILES string of the molecule is CC(C)N1C[C@H]2C[C@@H]1CN2c1ccc(Nc2ncc(-c3cc[nH]c(=O)c3)n3ccnc23)cc1. The molecule has 0 amide bonds. The van der Waals surface area contributed by atoms with E-state index in [9.17, 15) is 4.79 Å². The van der Waals surface area contributed by atoms with Gasteiger partial charge in [0.05, 0.1) is 11.9 Å². The van der Waals surface area contributed by atoms with E-state index in [0.717, 1.165) is 30.0 Å². The van der Waals surface area contributed by atoms with Crippen LogP contribution in [0.3, 0.4) is 0 Å². The average Bonchev–Trinajstić information content (AvgIpc) is 3.56. The highest BCUT2D eigenvalue weighted by Crippen LogP contribution is 2.36. The van der Waals surface area contributed by atoms with Crippen LogP contribution in [-0.4, -0.2) is 55.5 Å². The number of piperazine rings is 1. The molecule has 33 heavy (non-hydrogen) atoms. The first-order valence-electron chi connectivity index (χ1n) is 11.5. The Morgan fingerprint density at radius 3 is 2.67 bits per heavy atom. The molecule has 2 N–H and O–H groups in total. The second-order valence-corrected chi connectivity index (χ2v) is 9.21. The zero-order chi connectivity index (χ0) is 22.5. The van der Waals surface area contributed by atoms with Crippen molar-refractivity contribution >= 4 is 22.8 Å². The van der Waals surface area contributed by atoms with E-state index >= 15 is 0 Å². The molecule has 6 rings (SSSR count). The second-order valence-electron chi connectivity index (χ2n) is 9.21. The minimum Gasteiger partial charge on any atom is -0.366 e. The molecule has 2 aliphatic rings. The van der Waals surface area contributed by atoms with Crippen molar-refractivity contribution in [3.63, 3.8) is 0 Å². The lowest BCUT2D eigenvalue weighted by molar-refractivity contribution is 0.191. The summed E-state index contributed by atoms with van der Waals surface area (Å²) in [6, 6.07) is 13.9. The summed E-state index contributed by atoms with van der Waals surface area (Å²) in [5, 5.41) is 3.41. The van der Waals surface area contributed by atoms with Gasteiger partial charge in [0.15, 0.2) is 11.5 Å². The van der Waals surface area contributed by atoms with Gasteiger partial charge in [-0.15, -0.1) is 0 Å². The third kappa shape index (κ3) is 3.47. The molecule has 2 fully saturated rings. The Hall–Kier alpha value is -3.65. The van der Waals surface area contributed by atoms with E-state index in [-0.39, 0.29) is 5.56 Å². The first kappa shape index (κ1) is 20.0. The van der Waals surface area contributed by atoms with Gasteiger partial charge >= 0.3 is 0 Å². The van der Waals surface area contributed by atoms with Crippen LogP contribution in [0.15, 0.2) is 66.0 Å². The van der Waals surface area contributed by atoms with Gasteiger partial charge in [0.1, 0.15) is 0 Å². The third-order valence-electron chi connectivity index (χ3n) is 6.91. The van der Waals surface area contributed by atoms with Gasteiger partial charge in [-0.05, 0) is 50.6 Å². The van der Waals surface area contributed by atoms with Gasteiger partial charge in [0.2, 0.25) is 5.56 Å². The number of rotatable bonds is 5. The molecule has 168 valence electrons. The summed E-state index contributed by atoms with van der Waals surface area (Å²) in [4.78, 5) is 28.7. The maximum absolute atomic E-state index is 11.7. The zero-order valence-corrected chi connectivity index (χ0v) is 18.8. The van der Waals surface area contributed by atoms with Gasteiger partial charge in [-0.2, -0.15) is 0 Å². The van der Waals surface area contributed by atoms with Crippen molar-refractivity contribution in [3.05, 3.63) is 71.5 Å². The Bertz CT molecular complexity index is 1360. The molecule has 2 bridgehead atoms. The van der Waals surface area contributed by atoms with Crippen LogP contribution in [-0.2, 0) is 0 Å². The Kier molecular flexibility index (Phi) is 4.69. The lowest BCUT2D eigenvalue weighted by atomic mass is 10.2. The van der Waals surface area contributed by atoms with E-state index in [1.54, 1.807) is 24.7 Å². The number of nitrogens with one attached hydrogen (secondary N) is 2. The summed E-state index contributed by atoms with van der Waals surface area (Å²) in [5.41, 5.74) is 4.41. The Balaban J connectivity index is 1.23. The van der Waals surface area contributed by atoms with Crippen molar-refractivity contribution in [1.82, 2.24) is 24.3 Å². The van der Waals surface area contributed by atoms with Crippen LogP contribution in [0.25, 0.3) is 16.9 Å². The van der Waals surface area contributed by atoms with Crippen LogP contribution in [0.1, 0.15) is 20.3 Å². The van der Waals surface area contributed by atoms with Crippen LogP contribution < -0.4 is 15.8 Å². The number of H-pyrrole nitrogens is 1. The third-order valence-corrected chi connectivity index (χ3v) is 6.91. The van der Waals surface area contributed by atoms with E-state index in [4.69, 9.17) is 0 Å². The van der Waals surface area contributed by atoms with Crippen LogP contribution in [0, 0.1) is 0 Å². The monoisotopic (exact) mass is 441 g/mol. The van der Waals surface area contributed by atoms with E-state index in [0.29, 0.717) is 29.6 Å². The first-order chi connectivity index (χ1) is 16.1. The van der Waals surface area contributed by atoms with Gasteiger partial charge in [-0.1, -0.05) is 0 Å². The molecule has 2 aliphatic heterocycles. The fraction of sp³-hybridized carbons (Fsp3) is 0.320. The lowest BCUT2D eigenvalue weighted by Crippen LogP contribution is -2.48. The van der Waals surface area contributed by atoms with E-state index < -0.39 is 0 Å². The minimum absolute atomic E-state index is 0.147. The molecular weight excluding hydrogens is 414 g/mol. The van der Waals surface area contributed by atoms with Crippen molar-refractivity contribution < 1.29 is 0 Å². The van der Waals surface area contributed by atoms with Gasteiger partial charge in [0, 0.05) is 72.8 Å². The summed E-state index contributed by atoms with van der Waals surface area (Å²) >= 11 is 0. The maximum atomic E-state index is 11.7. The standard InChI is InChI=1S/C25H27N7O/c1-16(2)31-14-21-12-20(31)15-32(21)19-5-3-18(4-6-19)29-24-25-27-9-10-30(25)22(13-28-24)17-7-8-26-23(33)11-17/h3-11,13,16,20-21H,12,14-15H2,1-2H3,(H,26,33)(H,28,29)/t20-,21-/m1/s1. The van der Waals surface area contributed by atoms with Crippen molar-refractivity contribution in [2.45, 2.75) is 38.4 Å². The first-order valence-corrected chi connectivity index (χ1v) is 11.5. The number of pyridine rings is 1. The van der Waals surface area contributed by atoms with Crippen LogP contribution in [0.5, 0.6) is 0 Å². The topological polar surface area (TPSA) is 81.6 Å². The molecule has 0 unspecified atom stereocenters. The predicted molar refractivity (Wildman–Crippen MR) is 130 cm³/mol. The van der Waals surface area contributed by atoms with Crippen LogP contribution in [0.2, 0.25) is 0 Å². The number of nitrogens with zero attached hydrogens (tertiary/aromatic N) is 5. The average molecular weight is 442 g/mol. The molecule has 4 aromatic rings. The molecule has 0 spiro atoms. The fourth-order valence-corrected chi connectivity index (χ4v) is 5.34. The Labute approximate surface area is 191 Å². The Morgan fingerprint density at radius 1 is 1.09 bits per heavy atom. The molecule has 0 radical (unpaired) electrons. The number of aromatic amines is 1. The quantitative estimate of drug-likeness (QED) is 0.493. The fourth-order valence-electron chi connectivity index (χ4n) is 5.34. The highest BCUT2D eigenvalue weighted by molar-refractivity contribution is 5.74. The lowest BCUT2D eigenvalue weighted by Gasteiger charge is -2.37. The number of likely N-dealkylation sites (tertiary alicyclic amines) is 1. The number of aromatic nitrogens is 4. The molecule has 0 saturated carbocycles. The molecule has 8 heteroatoms. The van der Waals surface area contributed by atoms with Crippen molar-refractivity contribution in [3.8, 4) is 11.3 Å². The molecule has 2 atom stereocenters. The molecule has 8 nitrogen and oxygen atoms in total. The molecule has 3 aromatic heterocycles. The largest absolute Gasteiger partial charge is 0.366 e. The number of hydrogen-bond donors (Lipinski definition) is 2. The zero-order valence-electron chi connectivity index (χ0n) is 18.8. The summed E-state index contributed by atoms with van der Waals surface area (Å²) in [6.45, 7) is 6.85. The summed E-state index contributed by atoms with van der Waals surface area (Å²) in [5.74, 6) is 0.675. The highest BCUT2D eigenvalue weighted by Gasteiger charge is 2.43. The van der Waals surface area contributed by atoms with Crippen molar-refractivity contribution in [2.24, 2.45) is 0 Å². The summed E-state index contributed by atoms with van der Waals surface area (Å²) < 4.78 is 1.94. The molecule has 5 heterocycles. The van der Waals surface area contributed by atoms with E-state index in [2.05, 4.69) is 68.2 Å². The molecule has 2 saturated heterocycles. The predicted octanol–water partition coefficient (Wildman–Crippen LogP) is 3.50. The second kappa shape index (κ2) is 7.74. The van der Waals surface area contributed by atoms with Crippen molar-refractivity contribution in [2.75, 3.05) is 23.3 Å². The van der Waals surface area contributed by atoms with Gasteiger partial charge in [-0.3, -0.25) is 14.1 Å². The van der Waals surface area contributed by atoms with Crippen LogP contribution in [0.4, 0.5) is 17.2 Å². The van der Waals surface area contributed by atoms with Gasteiger partial charge < -0.3 is 15.2 Å². The van der Waals surface area contributed by atoms with E-state index in [1.807, 2.05) is 16.7 Å².